The Balaban J connectivity index is 1.97. The summed E-state index contributed by atoms with van der Waals surface area (Å²) in [4.78, 5) is 0. The molecule has 0 unspecified atom stereocenters. The van der Waals surface area contributed by atoms with Crippen molar-refractivity contribution in [2.24, 2.45) is 0 Å². The normalized spacial score (nSPS) is 11.1. The third-order valence-electron chi connectivity index (χ3n) is 3.78. The number of hydrogen-bond acceptors (Lipinski definition) is 2. The maximum atomic E-state index is 3.46. The Bertz CT molecular complexity index is 625. The summed E-state index contributed by atoms with van der Waals surface area (Å²) in [5.74, 6) is 0.544. The summed E-state index contributed by atoms with van der Waals surface area (Å²) in [6.45, 7) is 7.34. The molecule has 0 fully saturated rings. The third-order valence-corrected chi connectivity index (χ3v) is 3.78. The van der Waals surface area contributed by atoms with Gasteiger partial charge in [-0.3, -0.25) is 0 Å². The summed E-state index contributed by atoms with van der Waals surface area (Å²) in [6.07, 6.45) is 4.30. The average Bonchev–Trinajstić information content (AvgIpc) is 2.53. The van der Waals surface area contributed by atoms with E-state index in [1.165, 1.54) is 16.7 Å². The fraction of sp³-hybridized carbons (Fsp3) is 0.300. The Morgan fingerprint density at radius 1 is 1.00 bits per heavy atom. The molecule has 2 rings (SSSR count). The molecule has 0 atom stereocenters. The van der Waals surface area contributed by atoms with Crippen LogP contribution in [0, 0.1) is 6.92 Å². The second kappa shape index (κ2) is 7.69. The second-order valence-corrected chi connectivity index (χ2v) is 5.90. The number of aryl methyl sites for hydroxylation is 1. The van der Waals surface area contributed by atoms with Gasteiger partial charge in [0.15, 0.2) is 0 Å². The van der Waals surface area contributed by atoms with Crippen molar-refractivity contribution >= 4 is 17.5 Å². The number of benzene rings is 2. The minimum atomic E-state index is 0.544. The van der Waals surface area contributed by atoms with E-state index in [1.54, 1.807) is 0 Å². The molecule has 0 heterocycles. The lowest BCUT2D eigenvalue weighted by Gasteiger charge is -2.14. The zero-order valence-electron chi connectivity index (χ0n) is 14.0. The molecular formula is C20H26N2. The van der Waals surface area contributed by atoms with Crippen LogP contribution in [-0.2, 0) is 0 Å². The summed E-state index contributed by atoms with van der Waals surface area (Å²) in [5, 5.41) is 6.73. The Kier molecular flexibility index (Phi) is 5.65. The Hall–Kier alpha value is -2.22. The van der Waals surface area contributed by atoms with Crippen LogP contribution in [-0.4, -0.2) is 13.6 Å². The van der Waals surface area contributed by atoms with Gasteiger partial charge in [0.05, 0.1) is 11.4 Å². The molecule has 0 spiro atoms. The first-order valence-electron chi connectivity index (χ1n) is 7.89. The molecular weight excluding hydrogens is 268 g/mol. The molecule has 2 aromatic carbocycles. The molecule has 116 valence electrons. The van der Waals surface area contributed by atoms with Crippen LogP contribution in [0.25, 0.3) is 6.08 Å². The summed E-state index contributed by atoms with van der Waals surface area (Å²) in [5.41, 5.74) is 6.16. The van der Waals surface area contributed by atoms with Gasteiger partial charge in [0.2, 0.25) is 0 Å². The largest absolute Gasteiger partial charge is 0.386 e. The molecule has 0 saturated carbocycles. The van der Waals surface area contributed by atoms with Crippen LogP contribution in [0.3, 0.4) is 0 Å². The summed E-state index contributed by atoms with van der Waals surface area (Å²) in [7, 11) is 1.97. The summed E-state index contributed by atoms with van der Waals surface area (Å²) >= 11 is 0. The molecule has 0 aromatic heterocycles. The predicted octanol–water partition coefficient (Wildman–Crippen LogP) is 5.29. The lowest BCUT2D eigenvalue weighted by Crippen LogP contribution is -2.03. The van der Waals surface area contributed by atoms with Gasteiger partial charge in [0.1, 0.15) is 0 Å². The van der Waals surface area contributed by atoms with Gasteiger partial charge >= 0.3 is 0 Å². The molecule has 0 amide bonds. The van der Waals surface area contributed by atoms with E-state index in [1.807, 2.05) is 7.05 Å². The standard InChI is InChI=1S/C20H26N2/c1-15(2)18-11-12-19(20(14-18)21-4)22-13-5-6-17-9-7-16(3)8-10-17/h5-12,14-15,21-22H,13H2,1-4H3/b6-5-. The highest BCUT2D eigenvalue weighted by Crippen LogP contribution is 2.26. The maximum absolute atomic E-state index is 3.46. The minimum Gasteiger partial charge on any atom is -0.386 e. The molecule has 0 aliphatic rings. The van der Waals surface area contributed by atoms with Gasteiger partial charge < -0.3 is 10.6 Å². The van der Waals surface area contributed by atoms with E-state index in [4.69, 9.17) is 0 Å². The molecule has 0 aliphatic carbocycles. The summed E-state index contributed by atoms with van der Waals surface area (Å²) < 4.78 is 0. The van der Waals surface area contributed by atoms with E-state index in [-0.39, 0.29) is 0 Å². The topological polar surface area (TPSA) is 24.1 Å². The highest BCUT2D eigenvalue weighted by molar-refractivity contribution is 5.70. The van der Waals surface area contributed by atoms with Crippen LogP contribution in [0.4, 0.5) is 11.4 Å². The SMILES string of the molecule is CNc1cc(C(C)C)ccc1NC/C=C\c1ccc(C)cc1. The number of nitrogens with one attached hydrogen (secondary N) is 2. The smallest absolute Gasteiger partial charge is 0.0578 e. The molecule has 0 aliphatic heterocycles. The zero-order chi connectivity index (χ0) is 15.9. The van der Waals surface area contributed by atoms with Crippen molar-refractivity contribution in [3.05, 3.63) is 65.2 Å². The van der Waals surface area contributed by atoms with Gasteiger partial charge in [0, 0.05) is 13.6 Å². The molecule has 2 aromatic rings. The van der Waals surface area contributed by atoms with Gasteiger partial charge in [-0.15, -0.1) is 0 Å². The van der Waals surface area contributed by atoms with Crippen LogP contribution in [0.15, 0.2) is 48.5 Å². The van der Waals surface area contributed by atoms with E-state index in [2.05, 4.69) is 86.0 Å². The van der Waals surface area contributed by atoms with Crippen molar-refractivity contribution in [1.82, 2.24) is 0 Å². The second-order valence-electron chi connectivity index (χ2n) is 5.90. The molecule has 2 heteroatoms. The van der Waals surface area contributed by atoms with Crippen molar-refractivity contribution in [1.29, 1.82) is 0 Å². The Morgan fingerprint density at radius 3 is 2.36 bits per heavy atom. The van der Waals surface area contributed by atoms with Gasteiger partial charge in [0.25, 0.3) is 0 Å². The molecule has 0 radical (unpaired) electrons. The van der Waals surface area contributed by atoms with Gasteiger partial charge in [-0.25, -0.2) is 0 Å². The van der Waals surface area contributed by atoms with Crippen LogP contribution in [0.5, 0.6) is 0 Å². The fourth-order valence-corrected chi connectivity index (χ4v) is 2.32. The maximum Gasteiger partial charge on any atom is 0.0578 e. The van der Waals surface area contributed by atoms with E-state index < -0.39 is 0 Å². The minimum absolute atomic E-state index is 0.544. The highest BCUT2D eigenvalue weighted by Gasteiger charge is 2.04. The fourth-order valence-electron chi connectivity index (χ4n) is 2.32. The van der Waals surface area contributed by atoms with Crippen molar-refractivity contribution < 1.29 is 0 Å². The first-order chi connectivity index (χ1) is 10.6. The first-order valence-corrected chi connectivity index (χ1v) is 7.89. The van der Waals surface area contributed by atoms with Crippen LogP contribution in [0.1, 0.15) is 36.5 Å². The predicted molar refractivity (Wildman–Crippen MR) is 98.8 cm³/mol. The first kappa shape index (κ1) is 16.2. The zero-order valence-corrected chi connectivity index (χ0v) is 14.0. The molecule has 2 nitrogen and oxygen atoms in total. The highest BCUT2D eigenvalue weighted by atomic mass is 14.9. The van der Waals surface area contributed by atoms with Crippen LogP contribution >= 0.6 is 0 Å². The van der Waals surface area contributed by atoms with E-state index >= 15 is 0 Å². The lowest BCUT2D eigenvalue weighted by atomic mass is 10.0. The van der Waals surface area contributed by atoms with E-state index in [0.717, 1.165) is 17.9 Å². The molecule has 0 bridgehead atoms. The number of hydrogen-bond donors (Lipinski definition) is 2. The third kappa shape index (κ3) is 4.39. The number of rotatable bonds is 6. The molecule has 22 heavy (non-hydrogen) atoms. The Labute approximate surface area is 134 Å². The van der Waals surface area contributed by atoms with Crippen LogP contribution < -0.4 is 10.6 Å². The average molecular weight is 294 g/mol. The van der Waals surface area contributed by atoms with Gasteiger partial charge in [-0.2, -0.15) is 0 Å². The quantitative estimate of drug-likeness (QED) is 0.757. The summed E-state index contributed by atoms with van der Waals surface area (Å²) in [6, 6.07) is 15.1. The van der Waals surface area contributed by atoms with E-state index in [9.17, 15) is 0 Å². The van der Waals surface area contributed by atoms with Gasteiger partial charge in [-0.05, 0) is 36.1 Å². The monoisotopic (exact) mass is 294 g/mol. The van der Waals surface area contributed by atoms with Crippen molar-refractivity contribution in [3.8, 4) is 0 Å². The van der Waals surface area contributed by atoms with Gasteiger partial charge in [-0.1, -0.05) is 61.9 Å². The lowest BCUT2D eigenvalue weighted by molar-refractivity contribution is 0.867. The molecule has 0 saturated heterocycles. The van der Waals surface area contributed by atoms with E-state index in [0.29, 0.717) is 5.92 Å². The van der Waals surface area contributed by atoms with Crippen molar-refractivity contribution in [2.45, 2.75) is 26.7 Å². The van der Waals surface area contributed by atoms with Crippen LogP contribution in [0.2, 0.25) is 0 Å². The Morgan fingerprint density at radius 2 is 1.73 bits per heavy atom. The number of anilines is 2. The van der Waals surface area contributed by atoms with Crippen molar-refractivity contribution in [2.75, 3.05) is 24.2 Å². The molecule has 2 N–H and O–H groups in total. The van der Waals surface area contributed by atoms with Crippen molar-refractivity contribution in [3.63, 3.8) is 0 Å².